The van der Waals surface area contributed by atoms with Gasteiger partial charge in [0.2, 0.25) is 0 Å². The van der Waals surface area contributed by atoms with Gasteiger partial charge in [0.1, 0.15) is 17.7 Å². The van der Waals surface area contributed by atoms with Crippen LogP contribution in [-0.2, 0) is 0 Å². The Kier molecular flexibility index (Phi) is 3.14. The van der Waals surface area contributed by atoms with Gasteiger partial charge >= 0.3 is 0 Å². The summed E-state index contributed by atoms with van der Waals surface area (Å²) in [5.74, 6) is -2.08. The van der Waals surface area contributed by atoms with Gasteiger partial charge in [-0.1, -0.05) is 18.2 Å². The molecule has 5 heteroatoms. The van der Waals surface area contributed by atoms with Gasteiger partial charge in [0.15, 0.2) is 11.6 Å². The van der Waals surface area contributed by atoms with Gasteiger partial charge in [-0.25, -0.2) is 13.2 Å². The number of hydrogen-bond acceptors (Lipinski definition) is 2. The molecule has 1 aliphatic rings. The van der Waals surface area contributed by atoms with E-state index in [1.165, 1.54) is 24.3 Å². The maximum Gasteiger partial charge on any atom is 0.165 e. The lowest BCUT2D eigenvalue weighted by Gasteiger charge is -2.30. The first-order valence-corrected chi connectivity index (χ1v) is 6.22. The Morgan fingerprint density at radius 1 is 1.05 bits per heavy atom. The summed E-state index contributed by atoms with van der Waals surface area (Å²) in [6.07, 6.45) is -0.422. The van der Waals surface area contributed by atoms with E-state index in [-0.39, 0.29) is 11.3 Å². The lowest BCUT2D eigenvalue weighted by Crippen LogP contribution is -2.25. The van der Waals surface area contributed by atoms with Gasteiger partial charge in [-0.3, -0.25) is 0 Å². The molecular weight excluding hydrogens is 267 g/mol. The number of ether oxygens (including phenoxy) is 1. The van der Waals surface area contributed by atoms with Crippen LogP contribution in [0.3, 0.4) is 0 Å². The van der Waals surface area contributed by atoms with E-state index in [1.807, 2.05) is 0 Å². The van der Waals surface area contributed by atoms with Crippen LogP contribution in [0.1, 0.15) is 29.7 Å². The molecule has 0 aromatic heterocycles. The van der Waals surface area contributed by atoms with Crippen molar-refractivity contribution in [3.05, 3.63) is 65.0 Å². The SMILES string of the molecule is N[C@@H]1CC(c2cccc(F)c2F)Oc2cc(F)ccc21. The molecule has 1 heterocycles. The van der Waals surface area contributed by atoms with Gasteiger partial charge in [-0.15, -0.1) is 0 Å². The number of benzene rings is 2. The Bertz CT molecular complexity index is 660. The zero-order chi connectivity index (χ0) is 14.3. The van der Waals surface area contributed by atoms with Crippen LogP contribution in [-0.4, -0.2) is 0 Å². The van der Waals surface area contributed by atoms with Crippen molar-refractivity contribution in [3.63, 3.8) is 0 Å². The molecule has 0 spiro atoms. The lowest BCUT2D eigenvalue weighted by atomic mass is 9.93. The molecule has 3 rings (SSSR count). The van der Waals surface area contributed by atoms with E-state index in [1.54, 1.807) is 6.07 Å². The number of halogens is 3. The topological polar surface area (TPSA) is 35.2 Å². The molecule has 1 aliphatic heterocycles. The molecule has 104 valence electrons. The second-order valence-electron chi connectivity index (χ2n) is 4.77. The standard InChI is InChI=1S/C15H12F3NO/c16-8-4-5-9-12(19)7-14(20-13(9)6-8)10-2-1-3-11(17)15(10)18/h1-6,12,14H,7,19H2/t12-,14?/m1/s1. The lowest BCUT2D eigenvalue weighted by molar-refractivity contribution is 0.155. The van der Waals surface area contributed by atoms with Gasteiger partial charge in [-0.2, -0.15) is 0 Å². The second-order valence-corrected chi connectivity index (χ2v) is 4.77. The van der Waals surface area contributed by atoms with Crippen molar-refractivity contribution in [2.24, 2.45) is 5.73 Å². The summed E-state index contributed by atoms with van der Waals surface area (Å²) in [4.78, 5) is 0. The van der Waals surface area contributed by atoms with Crippen molar-refractivity contribution in [3.8, 4) is 5.75 Å². The Hall–Kier alpha value is -2.01. The smallest absolute Gasteiger partial charge is 0.165 e. The van der Waals surface area contributed by atoms with Crippen LogP contribution in [0.15, 0.2) is 36.4 Å². The van der Waals surface area contributed by atoms with Crippen LogP contribution >= 0.6 is 0 Å². The number of fused-ring (bicyclic) bond motifs is 1. The Morgan fingerprint density at radius 3 is 2.65 bits per heavy atom. The summed E-state index contributed by atoms with van der Waals surface area (Å²) in [6.45, 7) is 0. The second kappa shape index (κ2) is 4.83. The van der Waals surface area contributed by atoms with E-state index in [4.69, 9.17) is 10.5 Å². The van der Waals surface area contributed by atoms with Crippen molar-refractivity contribution < 1.29 is 17.9 Å². The predicted octanol–water partition coefficient (Wildman–Crippen LogP) is 3.63. The van der Waals surface area contributed by atoms with Crippen LogP contribution in [0.5, 0.6) is 5.75 Å². The van der Waals surface area contributed by atoms with Gasteiger partial charge in [-0.05, 0) is 12.1 Å². The normalized spacial score (nSPS) is 21.2. The average molecular weight is 279 g/mol. The van der Waals surface area contributed by atoms with E-state index in [0.717, 1.165) is 6.07 Å². The van der Waals surface area contributed by atoms with Gasteiger partial charge in [0.25, 0.3) is 0 Å². The summed E-state index contributed by atoms with van der Waals surface area (Å²) in [6, 6.07) is 7.53. The fourth-order valence-corrected chi connectivity index (χ4v) is 2.44. The molecule has 2 N–H and O–H groups in total. The summed E-state index contributed by atoms with van der Waals surface area (Å²) >= 11 is 0. The molecule has 0 bridgehead atoms. The highest BCUT2D eigenvalue weighted by Gasteiger charge is 2.29. The fraction of sp³-hybridized carbons (Fsp3) is 0.200. The molecule has 0 aliphatic carbocycles. The molecular formula is C15H12F3NO. The molecule has 0 saturated heterocycles. The maximum atomic E-state index is 13.8. The summed E-state index contributed by atoms with van der Waals surface area (Å²) in [5, 5.41) is 0. The highest BCUT2D eigenvalue weighted by Crippen LogP contribution is 2.40. The monoisotopic (exact) mass is 279 g/mol. The first-order chi connectivity index (χ1) is 9.56. The van der Waals surface area contributed by atoms with E-state index in [9.17, 15) is 13.2 Å². The molecule has 1 unspecified atom stereocenters. The van der Waals surface area contributed by atoms with Gasteiger partial charge in [0.05, 0.1) is 0 Å². The number of nitrogens with two attached hydrogens (primary N) is 1. The predicted molar refractivity (Wildman–Crippen MR) is 67.7 cm³/mol. The van der Waals surface area contributed by atoms with Crippen LogP contribution in [0.2, 0.25) is 0 Å². The fourth-order valence-electron chi connectivity index (χ4n) is 2.44. The summed E-state index contributed by atoms with van der Waals surface area (Å²) in [7, 11) is 0. The molecule has 2 atom stereocenters. The molecule has 2 aromatic carbocycles. The minimum atomic E-state index is -0.954. The van der Waals surface area contributed by atoms with Crippen LogP contribution in [0, 0.1) is 17.5 Å². The largest absolute Gasteiger partial charge is 0.485 e. The molecule has 0 radical (unpaired) electrons. The molecule has 0 amide bonds. The molecule has 2 nitrogen and oxygen atoms in total. The zero-order valence-corrected chi connectivity index (χ0v) is 10.4. The number of hydrogen-bond donors (Lipinski definition) is 1. The highest BCUT2D eigenvalue weighted by atomic mass is 19.2. The van der Waals surface area contributed by atoms with Crippen molar-refractivity contribution >= 4 is 0 Å². The van der Waals surface area contributed by atoms with Crippen molar-refractivity contribution in [2.45, 2.75) is 18.6 Å². The third-order valence-corrected chi connectivity index (χ3v) is 3.44. The third kappa shape index (κ3) is 2.14. The van der Waals surface area contributed by atoms with E-state index < -0.39 is 29.6 Å². The van der Waals surface area contributed by atoms with Crippen LogP contribution < -0.4 is 10.5 Å². The Balaban J connectivity index is 2.00. The van der Waals surface area contributed by atoms with Crippen LogP contribution in [0.25, 0.3) is 0 Å². The first kappa shape index (κ1) is 13.0. The van der Waals surface area contributed by atoms with E-state index in [0.29, 0.717) is 12.0 Å². The molecule has 2 aromatic rings. The quantitative estimate of drug-likeness (QED) is 0.865. The van der Waals surface area contributed by atoms with Gasteiger partial charge in [0, 0.05) is 29.7 Å². The third-order valence-electron chi connectivity index (χ3n) is 3.44. The first-order valence-electron chi connectivity index (χ1n) is 6.22. The van der Waals surface area contributed by atoms with Crippen molar-refractivity contribution in [1.29, 1.82) is 0 Å². The minimum Gasteiger partial charge on any atom is -0.485 e. The molecule has 0 saturated carbocycles. The van der Waals surface area contributed by atoms with E-state index in [2.05, 4.69) is 0 Å². The summed E-state index contributed by atoms with van der Waals surface area (Å²) in [5.41, 5.74) is 6.75. The average Bonchev–Trinajstić information content (AvgIpc) is 2.41. The number of rotatable bonds is 1. The highest BCUT2D eigenvalue weighted by molar-refractivity contribution is 5.39. The maximum absolute atomic E-state index is 13.8. The molecule has 20 heavy (non-hydrogen) atoms. The van der Waals surface area contributed by atoms with Crippen molar-refractivity contribution in [1.82, 2.24) is 0 Å². The van der Waals surface area contributed by atoms with Gasteiger partial charge < -0.3 is 10.5 Å². The summed E-state index contributed by atoms with van der Waals surface area (Å²) < 4.78 is 45.9. The van der Waals surface area contributed by atoms with Crippen molar-refractivity contribution in [2.75, 3.05) is 0 Å². The Labute approximate surface area is 114 Å². The zero-order valence-electron chi connectivity index (χ0n) is 10.4. The minimum absolute atomic E-state index is 0.0929. The van der Waals surface area contributed by atoms with Crippen LogP contribution in [0.4, 0.5) is 13.2 Å². The molecule has 0 fully saturated rings. The Morgan fingerprint density at radius 2 is 1.85 bits per heavy atom. The van der Waals surface area contributed by atoms with E-state index >= 15 is 0 Å².